The van der Waals surface area contributed by atoms with Crippen molar-refractivity contribution in [3.63, 3.8) is 0 Å². The van der Waals surface area contributed by atoms with Gasteiger partial charge in [0.1, 0.15) is 0 Å². The van der Waals surface area contributed by atoms with Gasteiger partial charge < -0.3 is 10.2 Å². The highest BCUT2D eigenvalue weighted by atomic mass is 32.1. The molecule has 1 aliphatic rings. The van der Waals surface area contributed by atoms with Gasteiger partial charge in [-0.1, -0.05) is 0 Å². The Bertz CT molecular complexity index is 456. The largest absolute Gasteiger partial charge is 0.341 e. The molecule has 0 aliphatic carbocycles. The van der Waals surface area contributed by atoms with E-state index in [1.807, 2.05) is 0 Å². The zero-order valence-electron chi connectivity index (χ0n) is 12.3. The van der Waals surface area contributed by atoms with Crippen LogP contribution in [0, 0.1) is 0 Å². The number of carbonyl (C=O) groups excluding carboxylic acids is 2. The van der Waals surface area contributed by atoms with Crippen molar-refractivity contribution in [1.82, 2.24) is 20.4 Å². The first-order chi connectivity index (χ1) is 10.2. The summed E-state index contributed by atoms with van der Waals surface area (Å²) in [7, 11) is 1.50. The van der Waals surface area contributed by atoms with Gasteiger partial charge in [-0.05, 0) is 22.4 Å². The average Bonchev–Trinajstić information content (AvgIpc) is 2.99. The van der Waals surface area contributed by atoms with E-state index in [4.69, 9.17) is 0 Å². The first-order valence-electron chi connectivity index (χ1n) is 7.14. The average molecular weight is 310 g/mol. The summed E-state index contributed by atoms with van der Waals surface area (Å²) < 4.78 is 0. The molecular formula is C14H22N4O2S. The molecule has 0 aromatic carbocycles. The van der Waals surface area contributed by atoms with E-state index in [-0.39, 0.29) is 5.91 Å². The van der Waals surface area contributed by atoms with Gasteiger partial charge in [0.05, 0.1) is 0 Å². The Balaban J connectivity index is 1.62. The molecule has 0 saturated carbocycles. The SMILES string of the molecule is CNC(=O)NC(=O)CCN1CCN(Cc2ccsc2)CC1. The molecule has 0 bridgehead atoms. The molecule has 1 aliphatic heterocycles. The van der Waals surface area contributed by atoms with E-state index in [1.54, 1.807) is 11.3 Å². The van der Waals surface area contributed by atoms with Gasteiger partial charge in [-0.3, -0.25) is 15.0 Å². The minimum Gasteiger partial charge on any atom is -0.341 e. The Morgan fingerprint density at radius 2 is 1.95 bits per heavy atom. The van der Waals surface area contributed by atoms with Crippen molar-refractivity contribution in [3.05, 3.63) is 22.4 Å². The minimum atomic E-state index is -0.444. The van der Waals surface area contributed by atoms with E-state index in [9.17, 15) is 9.59 Å². The van der Waals surface area contributed by atoms with Gasteiger partial charge in [-0.2, -0.15) is 11.3 Å². The molecule has 0 radical (unpaired) electrons. The molecule has 0 unspecified atom stereocenters. The smallest absolute Gasteiger partial charge is 0.321 e. The number of hydrogen-bond acceptors (Lipinski definition) is 5. The Morgan fingerprint density at radius 3 is 2.57 bits per heavy atom. The van der Waals surface area contributed by atoms with Crippen molar-refractivity contribution >= 4 is 23.3 Å². The monoisotopic (exact) mass is 310 g/mol. The van der Waals surface area contributed by atoms with Crippen LogP contribution in [0.4, 0.5) is 4.79 Å². The van der Waals surface area contributed by atoms with Gasteiger partial charge in [0, 0.05) is 52.7 Å². The number of carbonyl (C=O) groups is 2. The molecule has 2 heterocycles. The van der Waals surface area contributed by atoms with Crippen LogP contribution in [0.5, 0.6) is 0 Å². The van der Waals surface area contributed by atoms with Crippen LogP contribution in [0.3, 0.4) is 0 Å². The minimum absolute atomic E-state index is 0.227. The van der Waals surface area contributed by atoms with E-state index in [0.717, 1.165) is 32.7 Å². The lowest BCUT2D eigenvalue weighted by Gasteiger charge is -2.34. The predicted octanol–water partition coefficient (Wildman–Crippen LogP) is 0.711. The summed E-state index contributed by atoms with van der Waals surface area (Å²) in [6.07, 6.45) is 0.359. The normalized spacial score (nSPS) is 16.6. The van der Waals surface area contributed by atoms with Gasteiger partial charge in [-0.25, -0.2) is 4.79 Å². The fourth-order valence-corrected chi connectivity index (χ4v) is 2.98. The summed E-state index contributed by atoms with van der Waals surface area (Å²) in [5.41, 5.74) is 1.37. The summed E-state index contributed by atoms with van der Waals surface area (Å²) in [5.74, 6) is -0.227. The maximum absolute atomic E-state index is 11.5. The van der Waals surface area contributed by atoms with E-state index < -0.39 is 6.03 Å². The molecule has 0 atom stereocenters. The molecule has 3 amide bonds. The highest BCUT2D eigenvalue weighted by Crippen LogP contribution is 2.11. The molecule has 116 valence electrons. The van der Waals surface area contributed by atoms with E-state index >= 15 is 0 Å². The number of hydrogen-bond donors (Lipinski definition) is 2. The highest BCUT2D eigenvalue weighted by Gasteiger charge is 2.18. The number of thiophene rings is 1. The van der Waals surface area contributed by atoms with Crippen LogP contribution in [0.15, 0.2) is 16.8 Å². The lowest BCUT2D eigenvalue weighted by atomic mass is 10.2. The molecule has 2 rings (SSSR count). The molecule has 1 aromatic rings. The summed E-state index contributed by atoms with van der Waals surface area (Å²) >= 11 is 1.73. The van der Waals surface area contributed by atoms with Crippen molar-refractivity contribution in [2.45, 2.75) is 13.0 Å². The van der Waals surface area contributed by atoms with Crippen LogP contribution < -0.4 is 10.6 Å². The Hall–Kier alpha value is -1.44. The van der Waals surface area contributed by atoms with Gasteiger partial charge in [-0.15, -0.1) is 0 Å². The first-order valence-corrected chi connectivity index (χ1v) is 8.09. The Morgan fingerprint density at radius 1 is 1.24 bits per heavy atom. The number of piperazine rings is 1. The van der Waals surface area contributed by atoms with Crippen molar-refractivity contribution < 1.29 is 9.59 Å². The standard InChI is InChI=1S/C14H22N4O2S/c1-15-14(20)16-13(19)2-4-17-5-7-18(8-6-17)10-12-3-9-21-11-12/h3,9,11H,2,4-8,10H2,1H3,(H2,15,16,19,20). The zero-order valence-corrected chi connectivity index (χ0v) is 13.1. The number of imide groups is 1. The van der Waals surface area contributed by atoms with Crippen LogP contribution >= 0.6 is 11.3 Å². The maximum atomic E-state index is 11.5. The summed E-state index contributed by atoms with van der Waals surface area (Å²) in [4.78, 5) is 27.2. The van der Waals surface area contributed by atoms with Crippen LogP contribution in [0.25, 0.3) is 0 Å². The second-order valence-corrected chi connectivity index (χ2v) is 5.91. The van der Waals surface area contributed by atoms with Gasteiger partial charge in [0.2, 0.25) is 5.91 Å². The molecule has 1 saturated heterocycles. The van der Waals surface area contributed by atoms with Crippen LogP contribution in [0.1, 0.15) is 12.0 Å². The number of rotatable bonds is 5. The van der Waals surface area contributed by atoms with Crippen molar-refractivity contribution in [2.24, 2.45) is 0 Å². The molecule has 1 fully saturated rings. The number of nitrogens with zero attached hydrogens (tertiary/aromatic N) is 2. The summed E-state index contributed by atoms with van der Waals surface area (Å²) in [6, 6.07) is 1.72. The van der Waals surface area contributed by atoms with E-state index in [1.165, 1.54) is 12.6 Å². The predicted molar refractivity (Wildman–Crippen MR) is 83.3 cm³/mol. The molecular weight excluding hydrogens is 288 g/mol. The number of nitrogens with one attached hydrogen (secondary N) is 2. The zero-order chi connectivity index (χ0) is 15.1. The van der Waals surface area contributed by atoms with Crippen LogP contribution in [0.2, 0.25) is 0 Å². The van der Waals surface area contributed by atoms with E-state index in [0.29, 0.717) is 13.0 Å². The lowest BCUT2D eigenvalue weighted by Crippen LogP contribution is -2.47. The summed E-state index contributed by atoms with van der Waals surface area (Å²) in [5, 5.41) is 8.95. The van der Waals surface area contributed by atoms with Crippen molar-refractivity contribution in [1.29, 1.82) is 0 Å². The maximum Gasteiger partial charge on any atom is 0.321 e. The van der Waals surface area contributed by atoms with Crippen molar-refractivity contribution in [3.8, 4) is 0 Å². The highest BCUT2D eigenvalue weighted by molar-refractivity contribution is 7.07. The van der Waals surface area contributed by atoms with E-state index in [2.05, 4.69) is 37.3 Å². The molecule has 6 nitrogen and oxygen atoms in total. The van der Waals surface area contributed by atoms with Gasteiger partial charge in [0.15, 0.2) is 0 Å². The lowest BCUT2D eigenvalue weighted by molar-refractivity contribution is -0.120. The molecule has 2 N–H and O–H groups in total. The van der Waals surface area contributed by atoms with Crippen LogP contribution in [-0.4, -0.2) is 61.5 Å². The third-order valence-electron chi connectivity index (χ3n) is 3.59. The molecule has 21 heavy (non-hydrogen) atoms. The fraction of sp³-hybridized carbons (Fsp3) is 0.571. The first kappa shape index (κ1) is 15.9. The quantitative estimate of drug-likeness (QED) is 0.841. The number of urea groups is 1. The van der Waals surface area contributed by atoms with Crippen molar-refractivity contribution in [2.75, 3.05) is 39.8 Å². The Kier molecular flexibility index (Phi) is 6.16. The van der Waals surface area contributed by atoms with Gasteiger partial charge >= 0.3 is 6.03 Å². The number of amides is 3. The molecule has 1 aromatic heterocycles. The second-order valence-electron chi connectivity index (χ2n) is 5.13. The Labute approximate surface area is 129 Å². The summed E-state index contributed by atoms with van der Waals surface area (Å²) in [6.45, 7) is 5.69. The van der Waals surface area contributed by atoms with Crippen LogP contribution in [-0.2, 0) is 11.3 Å². The topological polar surface area (TPSA) is 64.7 Å². The molecule has 7 heteroatoms. The third kappa shape index (κ3) is 5.45. The fourth-order valence-electron chi connectivity index (χ4n) is 2.32. The third-order valence-corrected chi connectivity index (χ3v) is 4.32. The molecule has 0 spiro atoms. The second kappa shape index (κ2) is 8.11. The van der Waals surface area contributed by atoms with Gasteiger partial charge in [0.25, 0.3) is 0 Å².